The van der Waals surface area contributed by atoms with Crippen LogP contribution in [0.2, 0.25) is 0 Å². The Labute approximate surface area is 133 Å². The molecule has 2 heterocycles. The first-order chi connectivity index (χ1) is 10.9. The Hall–Kier alpha value is -2.71. The van der Waals surface area contributed by atoms with Gasteiger partial charge in [-0.05, 0) is 25.8 Å². The van der Waals surface area contributed by atoms with Crippen LogP contribution in [-0.4, -0.2) is 45.4 Å². The fourth-order valence-corrected chi connectivity index (χ4v) is 2.31. The average Bonchev–Trinajstić information content (AvgIpc) is 2.75. The van der Waals surface area contributed by atoms with E-state index in [4.69, 9.17) is 0 Å². The SMILES string of the molecule is CC[C@@]1(C)NC(=O)N(CCCNc2ncccc2[N+](=O)[O-])C1=O. The van der Waals surface area contributed by atoms with E-state index in [1.54, 1.807) is 6.92 Å². The molecule has 0 radical (unpaired) electrons. The van der Waals surface area contributed by atoms with Crippen molar-refractivity contribution in [3.8, 4) is 0 Å². The number of anilines is 1. The lowest BCUT2D eigenvalue weighted by molar-refractivity contribution is -0.384. The summed E-state index contributed by atoms with van der Waals surface area (Å²) in [5.74, 6) is -0.0677. The van der Waals surface area contributed by atoms with Crippen molar-refractivity contribution in [2.75, 3.05) is 18.4 Å². The number of aromatic nitrogens is 1. The van der Waals surface area contributed by atoms with Crippen LogP contribution in [0.5, 0.6) is 0 Å². The summed E-state index contributed by atoms with van der Waals surface area (Å²) in [7, 11) is 0. The molecule has 0 aromatic carbocycles. The minimum absolute atomic E-state index is 0.110. The highest BCUT2D eigenvalue weighted by molar-refractivity contribution is 6.06. The Balaban J connectivity index is 1.88. The third-order valence-corrected chi connectivity index (χ3v) is 3.89. The van der Waals surface area contributed by atoms with Crippen LogP contribution in [0.25, 0.3) is 0 Å². The molecule has 0 unspecified atom stereocenters. The van der Waals surface area contributed by atoms with Crippen LogP contribution in [0.4, 0.5) is 16.3 Å². The molecule has 0 bridgehead atoms. The van der Waals surface area contributed by atoms with Gasteiger partial charge >= 0.3 is 11.7 Å². The van der Waals surface area contributed by atoms with E-state index in [-0.39, 0.29) is 24.0 Å². The lowest BCUT2D eigenvalue weighted by Crippen LogP contribution is -2.43. The van der Waals surface area contributed by atoms with Gasteiger partial charge in [0, 0.05) is 25.4 Å². The van der Waals surface area contributed by atoms with Crippen LogP contribution in [0, 0.1) is 10.1 Å². The molecule has 1 fully saturated rings. The largest absolute Gasteiger partial charge is 0.364 e. The maximum absolute atomic E-state index is 12.2. The van der Waals surface area contributed by atoms with Gasteiger partial charge in [0.2, 0.25) is 5.82 Å². The zero-order valence-electron chi connectivity index (χ0n) is 13.0. The van der Waals surface area contributed by atoms with Gasteiger partial charge in [-0.1, -0.05) is 6.92 Å². The summed E-state index contributed by atoms with van der Waals surface area (Å²) in [6.07, 6.45) is 2.44. The highest BCUT2D eigenvalue weighted by Gasteiger charge is 2.45. The first-order valence-corrected chi connectivity index (χ1v) is 7.36. The van der Waals surface area contributed by atoms with Crippen LogP contribution in [0.1, 0.15) is 26.7 Å². The maximum atomic E-state index is 12.2. The number of rotatable bonds is 7. The maximum Gasteiger partial charge on any atom is 0.325 e. The van der Waals surface area contributed by atoms with E-state index in [0.29, 0.717) is 19.4 Å². The number of hydrogen-bond acceptors (Lipinski definition) is 6. The number of nitro groups is 1. The lowest BCUT2D eigenvalue weighted by Gasteiger charge is -2.19. The van der Waals surface area contributed by atoms with Gasteiger partial charge in [-0.2, -0.15) is 0 Å². The molecule has 1 saturated heterocycles. The molecule has 3 amide bonds. The van der Waals surface area contributed by atoms with E-state index in [0.717, 1.165) is 0 Å². The van der Waals surface area contributed by atoms with E-state index in [1.165, 1.54) is 23.2 Å². The molecular formula is C14H19N5O4. The van der Waals surface area contributed by atoms with Crippen LogP contribution >= 0.6 is 0 Å². The number of nitrogens with zero attached hydrogens (tertiary/aromatic N) is 3. The Morgan fingerprint density at radius 1 is 1.48 bits per heavy atom. The van der Waals surface area contributed by atoms with E-state index in [2.05, 4.69) is 15.6 Å². The number of carbonyl (C=O) groups excluding carboxylic acids is 2. The minimum Gasteiger partial charge on any atom is -0.364 e. The Morgan fingerprint density at radius 3 is 2.83 bits per heavy atom. The fourth-order valence-electron chi connectivity index (χ4n) is 2.31. The summed E-state index contributed by atoms with van der Waals surface area (Å²) < 4.78 is 0. The molecular weight excluding hydrogens is 302 g/mol. The van der Waals surface area contributed by atoms with Crippen molar-refractivity contribution < 1.29 is 14.5 Å². The second-order valence-electron chi connectivity index (χ2n) is 5.48. The summed E-state index contributed by atoms with van der Waals surface area (Å²) in [6, 6.07) is 2.45. The zero-order valence-corrected chi connectivity index (χ0v) is 13.0. The average molecular weight is 321 g/mol. The predicted molar refractivity (Wildman–Crippen MR) is 82.9 cm³/mol. The van der Waals surface area contributed by atoms with Crippen LogP contribution in [0.3, 0.4) is 0 Å². The van der Waals surface area contributed by atoms with Crippen molar-refractivity contribution in [2.24, 2.45) is 0 Å². The molecule has 1 aliphatic heterocycles. The van der Waals surface area contributed by atoms with Crippen LogP contribution < -0.4 is 10.6 Å². The van der Waals surface area contributed by atoms with Gasteiger partial charge in [0.05, 0.1) is 4.92 Å². The smallest absolute Gasteiger partial charge is 0.325 e. The third kappa shape index (κ3) is 3.38. The van der Waals surface area contributed by atoms with Gasteiger partial charge in [0.25, 0.3) is 5.91 Å². The van der Waals surface area contributed by atoms with Crippen molar-refractivity contribution >= 4 is 23.4 Å². The molecule has 124 valence electrons. The number of urea groups is 1. The van der Waals surface area contributed by atoms with Crippen molar-refractivity contribution in [3.63, 3.8) is 0 Å². The van der Waals surface area contributed by atoms with E-state index in [1.807, 2.05) is 6.92 Å². The molecule has 0 saturated carbocycles. The van der Waals surface area contributed by atoms with Gasteiger partial charge in [-0.3, -0.25) is 19.8 Å². The highest BCUT2D eigenvalue weighted by atomic mass is 16.6. The Morgan fingerprint density at radius 2 is 2.22 bits per heavy atom. The molecule has 1 aromatic rings. The topological polar surface area (TPSA) is 117 Å². The molecule has 1 atom stereocenters. The van der Waals surface area contributed by atoms with Gasteiger partial charge in [0.1, 0.15) is 5.54 Å². The number of imide groups is 1. The molecule has 9 heteroatoms. The molecule has 23 heavy (non-hydrogen) atoms. The van der Waals surface area contributed by atoms with Gasteiger partial charge in [0.15, 0.2) is 0 Å². The molecule has 2 rings (SSSR count). The predicted octanol–water partition coefficient (Wildman–Crippen LogP) is 1.51. The number of hydrogen-bond donors (Lipinski definition) is 2. The molecule has 1 aliphatic rings. The monoisotopic (exact) mass is 321 g/mol. The zero-order chi connectivity index (χ0) is 17.0. The molecule has 0 spiro atoms. The van der Waals surface area contributed by atoms with E-state index in [9.17, 15) is 19.7 Å². The van der Waals surface area contributed by atoms with Crippen LogP contribution in [0.15, 0.2) is 18.3 Å². The van der Waals surface area contributed by atoms with Crippen molar-refractivity contribution in [1.82, 2.24) is 15.2 Å². The summed E-state index contributed by atoms with van der Waals surface area (Å²) in [5, 5.41) is 16.4. The second-order valence-corrected chi connectivity index (χ2v) is 5.48. The Bertz CT molecular complexity index is 635. The first-order valence-electron chi connectivity index (χ1n) is 7.36. The number of amides is 3. The summed E-state index contributed by atoms with van der Waals surface area (Å²) in [5.41, 5.74) is -0.953. The number of carbonyl (C=O) groups is 2. The quantitative estimate of drug-likeness (QED) is 0.340. The van der Waals surface area contributed by atoms with Crippen molar-refractivity contribution in [2.45, 2.75) is 32.2 Å². The summed E-state index contributed by atoms with van der Waals surface area (Å²) in [6.45, 7) is 4.14. The molecule has 0 aliphatic carbocycles. The first kappa shape index (κ1) is 16.7. The van der Waals surface area contributed by atoms with E-state index < -0.39 is 16.5 Å². The Kier molecular flexibility index (Phi) is 4.77. The number of pyridine rings is 1. The summed E-state index contributed by atoms with van der Waals surface area (Å²) >= 11 is 0. The van der Waals surface area contributed by atoms with Gasteiger partial charge in [-0.15, -0.1) is 0 Å². The third-order valence-electron chi connectivity index (χ3n) is 3.89. The standard InChI is InChI=1S/C14H19N5O4/c1-3-14(2)12(20)18(13(21)17-14)9-5-8-16-11-10(19(22)23)6-4-7-15-11/h4,6-7H,3,5,8-9H2,1-2H3,(H,15,16)(H,17,21)/t14-/m1/s1. The number of nitrogens with one attached hydrogen (secondary N) is 2. The molecule has 9 nitrogen and oxygen atoms in total. The van der Waals surface area contributed by atoms with E-state index >= 15 is 0 Å². The van der Waals surface area contributed by atoms with Crippen LogP contribution in [-0.2, 0) is 4.79 Å². The second kappa shape index (κ2) is 6.59. The van der Waals surface area contributed by atoms with Crippen molar-refractivity contribution in [3.05, 3.63) is 28.4 Å². The molecule has 1 aromatic heterocycles. The fraction of sp³-hybridized carbons (Fsp3) is 0.500. The van der Waals surface area contributed by atoms with Crippen molar-refractivity contribution in [1.29, 1.82) is 0 Å². The van der Waals surface area contributed by atoms with Gasteiger partial charge < -0.3 is 10.6 Å². The normalized spacial score (nSPS) is 20.5. The minimum atomic E-state index is -0.843. The highest BCUT2D eigenvalue weighted by Crippen LogP contribution is 2.22. The summed E-state index contributed by atoms with van der Waals surface area (Å²) in [4.78, 5) is 39.5. The van der Waals surface area contributed by atoms with Gasteiger partial charge in [-0.25, -0.2) is 9.78 Å². The lowest BCUT2D eigenvalue weighted by atomic mass is 9.99. The molecule has 2 N–H and O–H groups in total.